The molecule has 0 aromatic heterocycles. The third-order valence-electron chi connectivity index (χ3n) is 4.79. The molecule has 3 rings (SSSR count). The number of ether oxygens (including phenoxy) is 1. The van der Waals surface area contributed by atoms with Crippen molar-refractivity contribution in [1.29, 1.82) is 0 Å². The molecule has 0 radical (unpaired) electrons. The van der Waals surface area contributed by atoms with Crippen LogP contribution in [0.1, 0.15) is 29.0 Å². The Morgan fingerprint density at radius 1 is 0.933 bits per heavy atom. The number of benzene rings is 3. The molecule has 2 atom stereocenters. The minimum absolute atomic E-state index is 0.114. The Balaban J connectivity index is 1.55. The number of hydrogen-bond acceptors (Lipinski definition) is 4. The molecule has 30 heavy (non-hydrogen) atoms. The summed E-state index contributed by atoms with van der Waals surface area (Å²) < 4.78 is 23.5. The largest absolute Gasteiger partial charge is 0.489 e. The van der Waals surface area contributed by atoms with Crippen LogP contribution in [0.2, 0.25) is 0 Å². The predicted octanol–water partition coefficient (Wildman–Crippen LogP) is 5.51. The van der Waals surface area contributed by atoms with E-state index >= 15 is 0 Å². The molecule has 0 saturated heterocycles. The average molecular weight is 424 g/mol. The van der Waals surface area contributed by atoms with Crippen LogP contribution in [-0.2, 0) is 16.0 Å². The number of carbonyl (C=O) groups excluding carboxylic acids is 1. The summed E-state index contributed by atoms with van der Waals surface area (Å²) in [5.74, 6) is 0.482. The van der Waals surface area contributed by atoms with Crippen LogP contribution in [0.4, 0.5) is 0 Å². The van der Waals surface area contributed by atoms with Gasteiger partial charge in [-0.05, 0) is 54.3 Å². The minimum Gasteiger partial charge on any atom is -0.489 e. The number of carbonyl (C=O) groups is 1. The van der Waals surface area contributed by atoms with E-state index in [0.717, 1.165) is 23.0 Å². The first-order valence-electron chi connectivity index (χ1n) is 9.76. The van der Waals surface area contributed by atoms with Gasteiger partial charge in [0.1, 0.15) is 24.4 Å². The van der Waals surface area contributed by atoms with E-state index in [4.69, 9.17) is 9.26 Å². The molecular weight excluding hydrogens is 399 g/mol. The maximum absolute atomic E-state index is 12.5. The SMILES string of the molecule is Cc1ccccc1C(C=O)CCP(=O)(O)Oc1ccc(OCc2ccccc2)cc1. The third-order valence-corrected chi connectivity index (χ3v) is 6.11. The van der Waals surface area contributed by atoms with Gasteiger partial charge in [0.2, 0.25) is 0 Å². The van der Waals surface area contributed by atoms with Gasteiger partial charge >= 0.3 is 7.60 Å². The summed E-state index contributed by atoms with van der Waals surface area (Å²) in [5.41, 5.74) is 2.90. The highest BCUT2D eigenvalue weighted by Crippen LogP contribution is 2.45. The van der Waals surface area contributed by atoms with E-state index in [1.54, 1.807) is 24.3 Å². The van der Waals surface area contributed by atoms with E-state index in [-0.39, 0.29) is 18.3 Å². The first-order valence-corrected chi connectivity index (χ1v) is 11.5. The van der Waals surface area contributed by atoms with Crippen molar-refractivity contribution in [2.75, 3.05) is 6.16 Å². The van der Waals surface area contributed by atoms with Crippen molar-refractivity contribution in [3.8, 4) is 11.5 Å². The number of aryl methyl sites for hydroxylation is 1. The van der Waals surface area contributed by atoms with Gasteiger partial charge in [0, 0.05) is 5.92 Å². The summed E-state index contributed by atoms with van der Waals surface area (Å²) in [6.45, 7) is 2.35. The quantitative estimate of drug-likeness (QED) is 0.343. The lowest BCUT2D eigenvalue weighted by molar-refractivity contribution is -0.109. The van der Waals surface area contributed by atoms with E-state index in [1.807, 2.05) is 61.5 Å². The molecule has 0 amide bonds. The molecular formula is C24H25O5P. The van der Waals surface area contributed by atoms with Crippen molar-refractivity contribution >= 4 is 13.9 Å². The summed E-state index contributed by atoms with van der Waals surface area (Å²) in [6.07, 6.45) is 0.943. The van der Waals surface area contributed by atoms with Crippen LogP contribution in [0.15, 0.2) is 78.9 Å². The average Bonchev–Trinajstić information content (AvgIpc) is 2.75. The molecule has 1 N–H and O–H groups in total. The second-order valence-electron chi connectivity index (χ2n) is 7.09. The van der Waals surface area contributed by atoms with Crippen molar-refractivity contribution in [3.05, 3.63) is 95.6 Å². The molecule has 5 nitrogen and oxygen atoms in total. The van der Waals surface area contributed by atoms with Gasteiger partial charge in [0.05, 0.1) is 6.16 Å². The summed E-state index contributed by atoms with van der Waals surface area (Å²) >= 11 is 0. The van der Waals surface area contributed by atoms with Crippen LogP contribution in [-0.4, -0.2) is 17.3 Å². The summed E-state index contributed by atoms with van der Waals surface area (Å²) in [6, 6.07) is 23.9. The van der Waals surface area contributed by atoms with Gasteiger partial charge in [-0.25, -0.2) is 4.57 Å². The second kappa shape index (κ2) is 10.2. The molecule has 3 aromatic rings. The van der Waals surface area contributed by atoms with Gasteiger partial charge in [0.25, 0.3) is 0 Å². The van der Waals surface area contributed by atoms with Crippen molar-refractivity contribution in [1.82, 2.24) is 0 Å². The van der Waals surface area contributed by atoms with Crippen LogP contribution in [0.5, 0.6) is 11.5 Å². The van der Waals surface area contributed by atoms with Crippen molar-refractivity contribution in [2.45, 2.75) is 25.9 Å². The standard InChI is InChI=1S/C24H25O5P/c1-19-7-5-6-10-24(19)21(17-25)15-16-30(26,27)29-23-13-11-22(12-14-23)28-18-20-8-3-2-4-9-20/h2-14,17,21H,15-16,18H2,1H3,(H,26,27). The van der Waals surface area contributed by atoms with Gasteiger partial charge in [-0.15, -0.1) is 0 Å². The van der Waals surface area contributed by atoms with E-state index in [2.05, 4.69) is 0 Å². The molecule has 0 aliphatic rings. The van der Waals surface area contributed by atoms with Crippen LogP contribution >= 0.6 is 7.60 Å². The topological polar surface area (TPSA) is 72.8 Å². The molecule has 0 aliphatic carbocycles. The fourth-order valence-electron chi connectivity index (χ4n) is 3.15. The Morgan fingerprint density at radius 2 is 1.57 bits per heavy atom. The van der Waals surface area contributed by atoms with E-state index < -0.39 is 13.5 Å². The maximum atomic E-state index is 12.5. The monoisotopic (exact) mass is 424 g/mol. The Bertz CT molecular complexity index is 1000. The first kappa shape index (κ1) is 21.8. The smallest absolute Gasteiger partial charge is 0.376 e. The first-order chi connectivity index (χ1) is 14.5. The summed E-state index contributed by atoms with van der Waals surface area (Å²) in [7, 11) is -3.90. The Kier molecular flexibility index (Phi) is 7.45. The van der Waals surface area contributed by atoms with Crippen molar-refractivity contribution in [2.24, 2.45) is 0 Å². The van der Waals surface area contributed by atoms with E-state index in [1.165, 1.54) is 0 Å². The van der Waals surface area contributed by atoms with Gasteiger partial charge in [-0.2, -0.15) is 0 Å². The lowest BCUT2D eigenvalue weighted by atomic mass is 9.94. The lowest BCUT2D eigenvalue weighted by Crippen LogP contribution is -2.07. The van der Waals surface area contributed by atoms with Crippen LogP contribution in [0.25, 0.3) is 0 Å². The zero-order chi connectivity index (χ0) is 21.4. The van der Waals surface area contributed by atoms with Gasteiger partial charge in [0.15, 0.2) is 0 Å². The summed E-state index contributed by atoms with van der Waals surface area (Å²) in [4.78, 5) is 21.7. The molecule has 0 fully saturated rings. The minimum atomic E-state index is -3.90. The summed E-state index contributed by atoms with van der Waals surface area (Å²) in [5, 5.41) is 0. The van der Waals surface area contributed by atoms with Crippen molar-refractivity contribution < 1.29 is 23.5 Å². The van der Waals surface area contributed by atoms with Crippen LogP contribution in [0, 0.1) is 6.92 Å². The molecule has 156 valence electrons. The molecule has 0 aliphatic heterocycles. The normalized spacial score (nSPS) is 13.8. The highest BCUT2D eigenvalue weighted by molar-refractivity contribution is 7.53. The van der Waals surface area contributed by atoms with Crippen LogP contribution in [0.3, 0.4) is 0 Å². The van der Waals surface area contributed by atoms with E-state index in [0.29, 0.717) is 12.4 Å². The zero-order valence-corrected chi connectivity index (χ0v) is 17.7. The van der Waals surface area contributed by atoms with E-state index in [9.17, 15) is 14.3 Å². The molecule has 6 heteroatoms. The number of aldehydes is 1. The van der Waals surface area contributed by atoms with Gasteiger partial charge in [-0.1, -0.05) is 54.6 Å². The van der Waals surface area contributed by atoms with Gasteiger partial charge in [-0.3, -0.25) is 0 Å². The second-order valence-corrected chi connectivity index (χ2v) is 8.99. The highest BCUT2D eigenvalue weighted by atomic mass is 31.2. The predicted molar refractivity (Wildman–Crippen MR) is 117 cm³/mol. The molecule has 0 saturated carbocycles. The molecule has 0 spiro atoms. The van der Waals surface area contributed by atoms with Gasteiger partial charge < -0.3 is 18.9 Å². The highest BCUT2D eigenvalue weighted by Gasteiger charge is 2.24. The van der Waals surface area contributed by atoms with Crippen molar-refractivity contribution in [3.63, 3.8) is 0 Å². The number of rotatable bonds is 10. The molecule has 0 heterocycles. The molecule has 0 bridgehead atoms. The third kappa shape index (κ3) is 6.31. The fraction of sp³-hybridized carbons (Fsp3) is 0.208. The zero-order valence-electron chi connectivity index (χ0n) is 16.8. The Labute approximate surface area is 176 Å². The maximum Gasteiger partial charge on any atom is 0.376 e. The fourth-order valence-corrected chi connectivity index (χ4v) is 4.30. The molecule has 2 unspecified atom stereocenters. The lowest BCUT2D eigenvalue weighted by Gasteiger charge is -2.17. The number of hydrogen-bond donors (Lipinski definition) is 1. The Morgan fingerprint density at radius 3 is 2.23 bits per heavy atom. The molecule has 3 aromatic carbocycles. The van der Waals surface area contributed by atoms with Crippen LogP contribution < -0.4 is 9.26 Å². The Hall–Kier alpha value is -2.88.